The number of hydrogen-bond donors (Lipinski definition) is 1. The maximum Gasteiger partial charge on any atom is 0.427 e. The van der Waals surface area contributed by atoms with Crippen LogP contribution >= 0.6 is 0 Å². The zero-order valence-electron chi connectivity index (χ0n) is 12.6. The van der Waals surface area contributed by atoms with E-state index < -0.39 is 23.4 Å². The van der Waals surface area contributed by atoms with Crippen molar-refractivity contribution in [3.05, 3.63) is 6.33 Å². The number of ether oxygens (including phenoxy) is 2. The normalized spacial score (nSPS) is 11.9. The van der Waals surface area contributed by atoms with Crippen molar-refractivity contribution in [2.24, 2.45) is 0 Å². The summed E-state index contributed by atoms with van der Waals surface area (Å²) in [7, 11) is 0. The predicted molar refractivity (Wildman–Crippen MR) is 71.3 cm³/mol. The van der Waals surface area contributed by atoms with Gasteiger partial charge in [-0.15, -0.1) is 10.00 Å². The molecule has 0 radical (unpaired) electrons. The molecule has 8 nitrogen and oxygen atoms in total. The van der Waals surface area contributed by atoms with Gasteiger partial charge in [-0.3, -0.25) is 5.10 Å². The van der Waals surface area contributed by atoms with Crippen LogP contribution in [0.2, 0.25) is 0 Å². The van der Waals surface area contributed by atoms with Crippen molar-refractivity contribution in [3.63, 3.8) is 0 Å². The molecule has 0 spiro atoms. The van der Waals surface area contributed by atoms with E-state index >= 15 is 0 Å². The van der Waals surface area contributed by atoms with Crippen molar-refractivity contribution in [1.29, 1.82) is 0 Å². The van der Waals surface area contributed by atoms with Gasteiger partial charge in [-0.05, 0) is 41.5 Å². The number of aromatic nitrogens is 3. The summed E-state index contributed by atoms with van der Waals surface area (Å²) in [5.74, 6) is -0.131. The average Bonchev–Trinajstić information content (AvgIpc) is 2.64. The summed E-state index contributed by atoms with van der Waals surface area (Å²) in [5.41, 5.74) is -1.51. The van der Waals surface area contributed by atoms with E-state index in [1.165, 1.54) is 6.33 Å². The van der Waals surface area contributed by atoms with Crippen molar-refractivity contribution in [1.82, 2.24) is 15.2 Å². The van der Waals surface area contributed by atoms with E-state index in [-0.39, 0.29) is 5.95 Å². The van der Waals surface area contributed by atoms with Gasteiger partial charge in [0.1, 0.15) is 17.5 Å². The van der Waals surface area contributed by atoms with Gasteiger partial charge in [-0.1, -0.05) is 0 Å². The van der Waals surface area contributed by atoms with E-state index in [4.69, 9.17) is 9.47 Å². The molecule has 0 aromatic carbocycles. The van der Waals surface area contributed by atoms with Crippen LogP contribution in [0, 0.1) is 0 Å². The average molecular weight is 284 g/mol. The summed E-state index contributed by atoms with van der Waals surface area (Å²) in [6.07, 6.45) is -0.547. The summed E-state index contributed by atoms with van der Waals surface area (Å²) in [6.45, 7) is 10.1. The van der Waals surface area contributed by atoms with Crippen molar-refractivity contribution < 1.29 is 19.1 Å². The number of anilines is 1. The fourth-order valence-electron chi connectivity index (χ4n) is 1.16. The van der Waals surface area contributed by atoms with Crippen molar-refractivity contribution in [3.8, 4) is 0 Å². The van der Waals surface area contributed by atoms with E-state index in [0.29, 0.717) is 4.90 Å². The second-order valence-corrected chi connectivity index (χ2v) is 6.10. The smallest absolute Gasteiger partial charge is 0.427 e. The first-order valence-corrected chi connectivity index (χ1v) is 6.11. The first-order chi connectivity index (χ1) is 8.99. The molecule has 0 fully saturated rings. The molecule has 0 unspecified atom stereocenters. The van der Waals surface area contributed by atoms with Crippen molar-refractivity contribution >= 4 is 18.1 Å². The van der Waals surface area contributed by atoms with Crippen molar-refractivity contribution in [2.75, 3.05) is 4.90 Å². The molecule has 1 heterocycles. The van der Waals surface area contributed by atoms with Crippen LogP contribution < -0.4 is 4.90 Å². The number of hydrogen-bond acceptors (Lipinski definition) is 6. The Morgan fingerprint density at radius 1 is 1.05 bits per heavy atom. The molecule has 1 N–H and O–H groups in total. The Morgan fingerprint density at radius 2 is 1.50 bits per heavy atom. The molecule has 1 aromatic heterocycles. The van der Waals surface area contributed by atoms with Gasteiger partial charge in [0.2, 0.25) is 0 Å². The minimum atomic E-state index is -0.897. The highest BCUT2D eigenvalue weighted by Crippen LogP contribution is 2.17. The molecular formula is C12H20N4O4. The zero-order chi connectivity index (χ0) is 15.6. The molecule has 2 amide bonds. The highest BCUT2D eigenvalue weighted by Gasteiger charge is 2.34. The molecule has 0 bridgehead atoms. The second-order valence-electron chi connectivity index (χ2n) is 6.10. The highest BCUT2D eigenvalue weighted by atomic mass is 16.6. The molecule has 0 aliphatic rings. The number of H-pyrrole nitrogens is 1. The first-order valence-electron chi connectivity index (χ1n) is 6.11. The third-order valence-corrected chi connectivity index (χ3v) is 1.75. The summed E-state index contributed by atoms with van der Waals surface area (Å²) >= 11 is 0. The molecule has 1 aromatic rings. The van der Waals surface area contributed by atoms with Crippen LogP contribution in [0.4, 0.5) is 15.5 Å². The number of nitrogens with zero attached hydrogens (tertiary/aromatic N) is 3. The van der Waals surface area contributed by atoms with E-state index in [9.17, 15) is 9.59 Å². The third kappa shape index (κ3) is 4.87. The highest BCUT2D eigenvalue weighted by molar-refractivity contribution is 6.07. The molecule has 0 aliphatic heterocycles. The standard InChI is InChI=1S/C12H20N4O4/c1-11(2,3)19-9(17)16(8-13-7-14-15-8)10(18)20-12(4,5)6/h7H,1-6H3,(H,13,14,15). The van der Waals surface area contributed by atoms with E-state index in [1.807, 2.05) is 0 Å². The Labute approximate surface area is 117 Å². The zero-order valence-corrected chi connectivity index (χ0v) is 12.6. The molecule has 20 heavy (non-hydrogen) atoms. The number of carbonyl (C=O) groups is 2. The minimum Gasteiger partial charge on any atom is -0.443 e. The van der Waals surface area contributed by atoms with Gasteiger partial charge >= 0.3 is 12.2 Å². The lowest BCUT2D eigenvalue weighted by molar-refractivity contribution is 0.0427. The molecule has 8 heteroatoms. The lowest BCUT2D eigenvalue weighted by atomic mass is 10.2. The maximum atomic E-state index is 12.1. The molecule has 1 rings (SSSR count). The lowest BCUT2D eigenvalue weighted by Crippen LogP contribution is -2.44. The van der Waals surface area contributed by atoms with Crippen LogP contribution in [0.1, 0.15) is 41.5 Å². The van der Waals surface area contributed by atoms with Crippen LogP contribution in [-0.2, 0) is 9.47 Å². The van der Waals surface area contributed by atoms with Crippen molar-refractivity contribution in [2.45, 2.75) is 52.7 Å². The van der Waals surface area contributed by atoms with Gasteiger partial charge in [0.05, 0.1) is 0 Å². The predicted octanol–water partition coefficient (Wildman–Crippen LogP) is 2.48. The fourth-order valence-corrected chi connectivity index (χ4v) is 1.16. The minimum absolute atomic E-state index is 0.131. The Hall–Kier alpha value is -2.12. The van der Waals surface area contributed by atoms with Gasteiger partial charge < -0.3 is 9.47 Å². The van der Waals surface area contributed by atoms with Gasteiger partial charge in [0.25, 0.3) is 5.95 Å². The molecular weight excluding hydrogens is 264 g/mol. The van der Waals surface area contributed by atoms with Gasteiger partial charge in [-0.2, -0.15) is 4.98 Å². The number of aromatic amines is 1. The molecule has 0 aliphatic carbocycles. The van der Waals surface area contributed by atoms with E-state index in [1.54, 1.807) is 41.5 Å². The summed E-state index contributed by atoms with van der Waals surface area (Å²) < 4.78 is 10.3. The van der Waals surface area contributed by atoms with Crippen LogP contribution in [0.3, 0.4) is 0 Å². The van der Waals surface area contributed by atoms with Gasteiger partial charge in [0, 0.05) is 0 Å². The van der Waals surface area contributed by atoms with Gasteiger partial charge in [0.15, 0.2) is 0 Å². The number of carbonyl (C=O) groups excluding carboxylic acids is 2. The quantitative estimate of drug-likeness (QED) is 0.850. The Kier molecular flexibility index (Phi) is 4.36. The summed E-state index contributed by atoms with van der Waals surface area (Å²) in [4.78, 5) is 28.6. The topological polar surface area (TPSA) is 97.4 Å². The van der Waals surface area contributed by atoms with Gasteiger partial charge in [-0.25, -0.2) is 9.59 Å². The summed E-state index contributed by atoms with van der Waals surface area (Å²) in [5, 5.41) is 6.13. The largest absolute Gasteiger partial charge is 0.443 e. The molecule has 112 valence electrons. The number of rotatable bonds is 1. The first kappa shape index (κ1) is 15.9. The van der Waals surface area contributed by atoms with Crippen LogP contribution in [-0.4, -0.2) is 38.6 Å². The maximum absolute atomic E-state index is 12.1. The van der Waals surface area contributed by atoms with E-state index in [0.717, 1.165) is 0 Å². The number of nitrogens with one attached hydrogen (secondary N) is 1. The Bertz CT molecular complexity index is 443. The van der Waals surface area contributed by atoms with E-state index in [2.05, 4.69) is 15.2 Å². The SMILES string of the molecule is CC(C)(C)OC(=O)N(C(=O)OC(C)(C)C)c1nc[nH]n1. The molecule has 0 saturated heterocycles. The van der Waals surface area contributed by atoms with Crippen LogP contribution in [0.5, 0.6) is 0 Å². The van der Waals surface area contributed by atoms with Crippen LogP contribution in [0.25, 0.3) is 0 Å². The molecule has 0 saturated carbocycles. The Balaban J connectivity index is 2.98. The second kappa shape index (κ2) is 5.48. The van der Waals surface area contributed by atoms with Crippen LogP contribution in [0.15, 0.2) is 6.33 Å². The molecule has 0 atom stereocenters. The monoisotopic (exact) mass is 284 g/mol. The fraction of sp³-hybridized carbons (Fsp3) is 0.667. The Morgan fingerprint density at radius 3 is 1.80 bits per heavy atom. The number of imide groups is 1. The summed E-state index contributed by atoms with van der Waals surface area (Å²) in [6, 6.07) is 0. The third-order valence-electron chi connectivity index (χ3n) is 1.75. The number of amides is 2. The lowest BCUT2D eigenvalue weighted by Gasteiger charge is -2.26.